The van der Waals surface area contributed by atoms with Crippen LogP contribution >= 0.6 is 0 Å². The van der Waals surface area contributed by atoms with Crippen LogP contribution in [0.2, 0.25) is 0 Å². The van der Waals surface area contributed by atoms with Gasteiger partial charge in [-0.3, -0.25) is 19.2 Å². The zero-order valence-corrected chi connectivity index (χ0v) is 30.3. The molecular formula is C42H40O14. The second-order valence-electron chi connectivity index (χ2n) is 13.5. The quantitative estimate of drug-likeness (QED) is 0.0418. The van der Waals surface area contributed by atoms with E-state index in [4.69, 9.17) is 14.2 Å². The van der Waals surface area contributed by atoms with Crippen LogP contribution in [0.4, 0.5) is 0 Å². The van der Waals surface area contributed by atoms with E-state index in [0.717, 1.165) is 18.6 Å². The summed E-state index contributed by atoms with van der Waals surface area (Å²) < 4.78 is 17.2. The van der Waals surface area contributed by atoms with Gasteiger partial charge in [-0.25, -0.2) is 0 Å². The Bertz CT molecular complexity index is 2240. The van der Waals surface area contributed by atoms with E-state index in [1.807, 2.05) is 6.07 Å². The van der Waals surface area contributed by atoms with Gasteiger partial charge >= 0.3 is 5.97 Å². The van der Waals surface area contributed by atoms with Crippen LogP contribution in [0.15, 0.2) is 54.6 Å². The standard InChI is InChI=1S/C42H40O14/c1-20-36(48)40(52)41(53)42(54-20)56-32-16-29-35(37(49)28(32)14-24-7-4-8-25(17-44)30(24)19-46)39(51)33-26(18-45)15-31(55-21(2)47)27(34(33)38(29)50)10-9-22-5-3-6-23(13-22)11-12-43/h3-10,13,15-16,19-20,36,40-45,48-49,52-53H,11-12,14,17-18H2,1-2H3. The van der Waals surface area contributed by atoms with Gasteiger partial charge in [0, 0.05) is 53.3 Å². The highest BCUT2D eigenvalue weighted by Gasteiger charge is 2.44. The van der Waals surface area contributed by atoms with Gasteiger partial charge in [0.05, 0.1) is 24.9 Å². The lowest BCUT2D eigenvalue weighted by Gasteiger charge is -2.39. The Balaban J connectivity index is 1.57. The summed E-state index contributed by atoms with van der Waals surface area (Å²) >= 11 is 0. The lowest BCUT2D eigenvalue weighted by molar-refractivity contribution is -0.268. The number of ketones is 2. The highest BCUT2D eigenvalue weighted by Crippen LogP contribution is 2.45. The third kappa shape index (κ3) is 7.51. The Labute approximate surface area is 320 Å². The molecule has 4 aromatic carbocycles. The number of benzene rings is 4. The second kappa shape index (κ2) is 16.6. The van der Waals surface area contributed by atoms with Crippen LogP contribution in [-0.4, -0.2) is 96.9 Å². The number of aliphatic hydroxyl groups is 6. The average Bonchev–Trinajstić information content (AvgIpc) is 3.18. The van der Waals surface area contributed by atoms with Gasteiger partial charge in [-0.15, -0.1) is 0 Å². The molecule has 1 heterocycles. The molecule has 1 aliphatic heterocycles. The number of fused-ring (bicyclic) bond motifs is 2. The highest BCUT2D eigenvalue weighted by atomic mass is 16.7. The van der Waals surface area contributed by atoms with E-state index in [1.54, 1.807) is 36.4 Å². The van der Waals surface area contributed by atoms with E-state index in [2.05, 4.69) is 0 Å². The molecule has 4 aromatic rings. The van der Waals surface area contributed by atoms with E-state index in [9.17, 15) is 54.9 Å². The van der Waals surface area contributed by atoms with Gasteiger partial charge in [0.25, 0.3) is 0 Å². The number of aromatic hydroxyl groups is 1. The molecule has 292 valence electrons. The summed E-state index contributed by atoms with van der Waals surface area (Å²) in [7, 11) is 0. The SMILES string of the molecule is CC(=O)Oc1cc(CO)c2c(c1C=Cc1cccc(CCO)c1)C(=O)c1cc(OC3OC(C)C(O)C(O)C3O)c(Cc3cccc(CO)c3C=O)c(O)c1C2=O. The summed E-state index contributed by atoms with van der Waals surface area (Å²) in [6, 6.07) is 14.2. The number of carbonyl (C=O) groups is 4. The minimum absolute atomic E-state index is 0.00316. The summed E-state index contributed by atoms with van der Waals surface area (Å²) in [6.45, 7) is 1.22. The van der Waals surface area contributed by atoms with E-state index in [1.165, 1.54) is 25.1 Å². The summed E-state index contributed by atoms with van der Waals surface area (Å²) in [6.07, 6.45) is -4.06. The maximum Gasteiger partial charge on any atom is 0.308 e. The number of aldehydes is 1. The predicted molar refractivity (Wildman–Crippen MR) is 198 cm³/mol. The number of hydrogen-bond donors (Lipinski definition) is 7. The van der Waals surface area contributed by atoms with Crippen LogP contribution in [0.3, 0.4) is 0 Å². The number of hydrogen-bond acceptors (Lipinski definition) is 14. The summed E-state index contributed by atoms with van der Waals surface area (Å²) in [5.41, 5.74) is 0.524. The number of aliphatic hydroxyl groups excluding tert-OH is 6. The Morgan fingerprint density at radius 3 is 2.20 bits per heavy atom. The third-order valence-corrected chi connectivity index (χ3v) is 9.91. The van der Waals surface area contributed by atoms with Crippen molar-refractivity contribution in [2.45, 2.75) is 70.6 Å². The lowest BCUT2D eigenvalue weighted by atomic mass is 9.77. The first-order valence-electron chi connectivity index (χ1n) is 17.7. The fraction of sp³-hybridized carbons (Fsp3) is 0.286. The smallest absolute Gasteiger partial charge is 0.308 e. The first-order chi connectivity index (χ1) is 26.8. The Kier molecular flexibility index (Phi) is 11.9. The molecule has 1 saturated heterocycles. The molecule has 0 aromatic heterocycles. The molecule has 14 heteroatoms. The molecule has 0 bridgehead atoms. The van der Waals surface area contributed by atoms with E-state index in [-0.39, 0.29) is 74.6 Å². The number of esters is 1. The van der Waals surface area contributed by atoms with Crippen molar-refractivity contribution in [2.75, 3.05) is 6.61 Å². The van der Waals surface area contributed by atoms with Crippen LogP contribution in [-0.2, 0) is 35.6 Å². The molecule has 14 nitrogen and oxygen atoms in total. The predicted octanol–water partition coefficient (Wildman–Crippen LogP) is 2.39. The van der Waals surface area contributed by atoms with Crippen LogP contribution in [0.25, 0.3) is 12.2 Å². The lowest BCUT2D eigenvalue weighted by Crippen LogP contribution is -2.58. The molecule has 56 heavy (non-hydrogen) atoms. The largest absolute Gasteiger partial charge is 0.507 e. The van der Waals surface area contributed by atoms with Crippen LogP contribution < -0.4 is 9.47 Å². The van der Waals surface area contributed by atoms with Crippen LogP contribution in [0, 0.1) is 0 Å². The number of carbonyl (C=O) groups excluding carboxylic acids is 4. The molecule has 5 unspecified atom stereocenters. The van der Waals surface area contributed by atoms with Crippen molar-refractivity contribution in [3.63, 3.8) is 0 Å². The normalized spacial score (nSPS) is 20.5. The first kappa shape index (κ1) is 40.1. The van der Waals surface area contributed by atoms with Crippen LogP contribution in [0.1, 0.15) is 95.0 Å². The fourth-order valence-electron chi connectivity index (χ4n) is 7.08. The zero-order valence-electron chi connectivity index (χ0n) is 30.3. The third-order valence-electron chi connectivity index (χ3n) is 9.91. The Morgan fingerprint density at radius 1 is 0.804 bits per heavy atom. The van der Waals surface area contributed by atoms with Crippen molar-refractivity contribution in [2.24, 2.45) is 0 Å². The summed E-state index contributed by atoms with van der Waals surface area (Å²) in [5.74, 6) is -3.66. The fourth-order valence-corrected chi connectivity index (χ4v) is 7.08. The van der Waals surface area contributed by atoms with Gasteiger partial charge in [-0.2, -0.15) is 0 Å². The molecule has 2 aliphatic rings. The Morgan fingerprint density at radius 2 is 1.52 bits per heavy atom. The number of ether oxygens (including phenoxy) is 3. The van der Waals surface area contributed by atoms with Gasteiger partial charge < -0.3 is 50.0 Å². The Hall–Kier alpha value is -5.58. The first-order valence-corrected chi connectivity index (χ1v) is 17.7. The van der Waals surface area contributed by atoms with Crippen LogP contribution in [0.5, 0.6) is 17.2 Å². The van der Waals surface area contributed by atoms with E-state index in [0.29, 0.717) is 18.3 Å². The highest BCUT2D eigenvalue weighted by molar-refractivity contribution is 6.31. The topological polar surface area (TPSA) is 238 Å². The molecular weight excluding hydrogens is 728 g/mol. The monoisotopic (exact) mass is 768 g/mol. The van der Waals surface area contributed by atoms with Crippen molar-refractivity contribution < 1.29 is 69.1 Å². The minimum Gasteiger partial charge on any atom is -0.507 e. The number of phenols is 1. The molecule has 0 radical (unpaired) electrons. The summed E-state index contributed by atoms with van der Waals surface area (Å²) in [4.78, 5) is 53.8. The molecule has 0 saturated carbocycles. The molecule has 1 aliphatic carbocycles. The van der Waals surface area contributed by atoms with Crippen molar-refractivity contribution >= 4 is 36.0 Å². The van der Waals surface area contributed by atoms with Gasteiger partial charge in [0.1, 0.15) is 35.6 Å². The molecule has 0 spiro atoms. The second-order valence-corrected chi connectivity index (χ2v) is 13.5. The summed E-state index contributed by atoms with van der Waals surface area (Å²) in [5, 5.41) is 73.4. The maximum absolute atomic E-state index is 14.8. The van der Waals surface area contributed by atoms with Crippen molar-refractivity contribution in [3.8, 4) is 17.2 Å². The van der Waals surface area contributed by atoms with E-state index < -0.39 is 72.8 Å². The van der Waals surface area contributed by atoms with Gasteiger partial charge in [-0.05, 0) is 59.4 Å². The molecule has 7 N–H and O–H groups in total. The van der Waals surface area contributed by atoms with Gasteiger partial charge in [0.15, 0.2) is 17.9 Å². The maximum atomic E-state index is 14.8. The van der Waals surface area contributed by atoms with E-state index >= 15 is 0 Å². The van der Waals surface area contributed by atoms with Crippen molar-refractivity contribution in [3.05, 3.63) is 121 Å². The average molecular weight is 769 g/mol. The molecule has 0 amide bonds. The molecule has 5 atom stereocenters. The van der Waals surface area contributed by atoms with Gasteiger partial charge in [0.2, 0.25) is 6.29 Å². The zero-order chi connectivity index (χ0) is 40.4. The van der Waals surface area contributed by atoms with Crippen molar-refractivity contribution in [1.82, 2.24) is 0 Å². The van der Waals surface area contributed by atoms with Gasteiger partial charge in [-0.1, -0.05) is 48.5 Å². The molecule has 6 rings (SSSR count). The van der Waals surface area contributed by atoms with Crippen molar-refractivity contribution in [1.29, 1.82) is 0 Å². The molecule has 1 fully saturated rings. The number of phenolic OH excluding ortho intramolecular Hbond substituents is 1. The number of rotatable bonds is 12. The minimum atomic E-state index is -1.82.